The van der Waals surface area contributed by atoms with Crippen LogP contribution in [0.5, 0.6) is 11.5 Å². The van der Waals surface area contributed by atoms with Crippen LogP contribution >= 0.6 is 11.1 Å². The summed E-state index contributed by atoms with van der Waals surface area (Å²) in [4.78, 5) is 11.9. The maximum Gasteiger partial charge on any atom is 0.458 e. The Morgan fingerprint density at radius 2 is 1.43 bits per heavy atom. The van der Waals surface area contributed by atoms with Crippen LogP contribution in [0.4, 0.5) is 25.3 Å². The zero-order chi connectivity index (χ0) is 22.2. The Labute approximate surface area is 158 Å². The Bertz CT molecular complexity index is 818. The molecule has 14 heteroatoms. The molecule has 0 heterocycles. The molecule has 0 radical (unpaired) electrons. The van der Waals surface area contributed by atoms with Crippen LogP contribution < -0.4 is 8.92 Å². The standard InChI is InChI=1S/C14H16F6O6S2/c1-4-12(2,3)11(21)25-9-5-7-10(8-6-9)26-28(23,24)14(17,18)13(15,16)27(19,20)22/h5-8,22H,4H2,1-3H3. The average molecular weight is 458 g/mol. The van der Waals surface area contributed by atoms with E-state index in [9.17, 15) is 38.5 Å². The second-order valence-electron chi connectivity index (χ2n) is 6.11. The van der Waals surface area contributed by atoms with Crippen molar-refractivity contribution in [3.63, 3.8) is 0 Å². The zero-order valence-electron chi connectivity index (χ0n) is 14.6. The van der Waals surface area contributed by atoms with E-state index >= 15 is 0 Å². The molecule has 1 aromatic carbocycles. The molecular formula is C14H16F6O6S2. The fourth-order valence-electron chi connectivity index (χ4n) is 1.42. The maximum absolute atomic E-state index is 13.4. The first kappa shape index (κ1) is 24.4. The Morgan fingerprint density at radius 1 is 1.00 bits per heavy atom. The molecule has 162 valence electrons. The van der Waals surface area contributed by atoms with Gasteiger partial charge in [-0.2, -0.15) is 26.0 Å². The highest BCUT2D eigenvalue weighted by atomic mass is 32.3. The van der Waals surface area contributed by atoms with Crippen LogP contribution in [0.25, 0.3) is 0 Å². The quantitative estimate of drug-likeness (QED) is 0.256. The molecule has 0 fully saturated rings. The molecule has 0 aromatic heterocycles. The number of carbonyl (C=O) groups is 1. The summed E-state index contributed by atoms with van der Waals surface area (Å²) in [5.74, 6) is -1.74. The summed E-state index contributed by atoms with van der Waals surface area (Å²) in [5.41, 5.74) is -0.857. The third-order valence-corrected chi connectivity index (χ3v) is 5.94. The van der Waals surface area contributed by atoms with Crippen LogP contribution in [0, 0.1) is 5.41 Å². The molecule has 1 rings (SSSR count). The number of alkyl halides is 4. The van der Waals surface area contributed by atoms with Crippen molar-refractivity contribution in [2.75, 3.05) is 0 Å². The van der Waals surface area contributed by atoms with Crippen LogP contribution in [0.15, 0.2) is 24.3 Å². The number of benzene rings is 1. The van der Waals surface area contributed by atoms with Gasteiger partial charge < -0.3 is 8.92 Å². The number of carbonyl (C=O) groups excluding carboxylic acids is 1. The van der Waals surface area contributed by atoms with E-state index in [-0.39, 0.29) is 5.75 Å². The first-order valence-corrected chi connectivity index (χ1v) is 10.2. The largest absolute Gasteiger partial charge is 0.458 e. The Kier molecular flexibility index (Phi) is 6.64. The number of esters is 1. The molecule has 0 saturated carbocycles. The first-order chi connectivity index (χ1) is 12.4. The van der Waals surface area contributed by atoms with Crippen molar-refractivity contribution in [1.29, 1.82) is 0 Å². The minimum absolute atomic E-state index is 0.139. The van der Waals surface area contributed by atoms with Gasteiger partial charge in [0.1, 0.15) is 11.5 Å². The fraction of sp³-hybridized carbons (Fsp3) is 0.500. The highest BCUT2D eigenvalue weighted by molar-refractivity contribution is 8.21. The lowest BCUT2D eigenvalue weighted by Gasteiger charge is -2.30. The Hall–Kier alpha value is -1.67. The van der Waals surface area contributed by atoms with Crippen molar-refractivity contribution in [2.45, 2.75) is 37.7 Å². The van der Waals surface area contributed by atoms with Gasteiger partial charge >= 0.3 is 26.6 Å². The van der Waals surface area contributed by atoms with E-state index in [1.165, 1.54) is 0 Å². The molecule has 0 bridgehead atoms. The van der Waals surface area contributed by atoms with Crippen molar-refractivity contribution in [3.05, 3.63) is 24.3 Å². The lowest BCUT2D eigenvalue weighted by atomic mass is 9.91. The van der Waals surface area contributed by atoms with Crippen LogP contribution in [-0.2, 0) is 14.9 Å². The monoisotopic (exact) mass is 458 g/mol. The SMILES string of the molecule is CCC(C)(C)C(=O)Oc1ccc(OS(=O)(=O)C(F)(F)C(F)(F)S(O)(F)F)cc1. The smallest absolute Gasteiger partial charge is 0.426 e. The molecule has 0 unspecified atom stereocenters. The van der Waals surface area contributed by atoms with E-state index in [2.05, 4.69) is 4.18 Å². The molecule has 0 spiro atoms. The number of ether oxygens (including phenoxy) is 1. The number of hydrogen-bond donors (Lipinski definition) is 1. The Balaban J connectivity index is 3.04. The summed E-state index contributed by atoms with van der Waals surface area (Å²) in [7, 11) is -6.63. The molecule has 6 nitrogen and oxygen atoms in total. The van der Waals surface area contributed by atoms with Crippen LogP contribution in [0.2, 0.25) is 0 Å². The molecule has 0 aliphatic carbocycles. The highest BCUT2D eigenvalue weighted by Gasteiger charge is 2.77. The lowest BCUT2D eigenvalue weighted by molar-refractivity contribution is -0.144. The normalized spacial score (nSPS) is 14.5. The van der Waals surface area contributed by atoms with Gasteiger partial charge in [0.2, 0.25) is 11.1 Å². The molecule has 1 aromatic rings. The fourth-order valence-corrected chi connectivity index (χ4v) is 3.07. The molecule has 0 amide bonds. The van der Waals surface area contributed by atoms with Gasteiger partial charge in [0, 0.05) is 0 Å². The van der Waals surface area contributed by atoms with Gasteiger partial charge in [-0.15, -0.1) is 7.77 Å². The molecule has 0 atom stereocenters. The van der Waals surface area contributed by atoms with E-state index in [4.69, 9.17) is 9.29 Å². The van der Waals surface area contributed by atoms with Gasteiger partial charge in [-0.25, -0.2) is 0 Å². The minimum Gasteiger partial charge on any atom is -0.426 e. The maximum atomic E-state index is 13.4. The first-order valence-electron chi connectivity index (χ1n) is 7.35. The van der Waals surface area contributed by atoms with Gasteiger partial charge in [0.05, 0.1) is 5.41 Å². The van der Waals surface area contributed by atoms with E-state index in [0.29, 0.717) is 18.6 Å². The van der Waals surface area contributed by atoms with Gasteiger partial charge in [0.25, 0.3) is 0 Å². The summed E-state index contributed by atoms with van der Waals surface area (Å²) < 4.78 is 117. The molecular weight excluding hydrogens is 442 g/mol. The Morgan fingerprint density at radius 3 is 1.82 bits per heavy atom. The third-order valence-electron chi connectivity index (χ3n) is 3.64. The highest BCUT2D eigenvalue weighted by Crippen LogP contribution is 2.67. The van der Waals surface area contributed by atoms with Crippen LogP contribution in [0.3, 0.4) is 0 Å². The summed E-state index contributed by atoms with van der Waals surface area (Å²) in [6.07, 6.45) is 0.423. The number of hydrogen-bond acceptors (Lipinski definition) is 6. The van der Waals surface area contributed by atoms with Gasteiger partial charge in [-0.3, -0.25) is 9.35 Å². The van der Waals surface area contributed by atoms with E-state index in [1.54, 1.807) is 20.8 Å². The number of halogens is 6. The summed E-state index contributed by atoms with van der Waals surface area (Å²) >= 11 is -7.27. The van der Waals surface area contributed by atoms with Crippen molar-refractivity contribution < 1.29 is 52.0 Å². The van der Waals surface area contributed by atoms with Gasteiger partial charge in [-0.05, 0) is 44.5 Å². The van der Waals surface area contributed by atoms with Gasteiger partial charge in [-0.1, -0.05) is 6.92 Å². The second kappa shape index (κ2) is 7.63. The number of rotatable bonds is 8. The predicted molar refractivity (Wildman–Crippen MR) is 88.0 cm³/mol. The molecule has 0 aliphatic rings. The third kappa shape index (κ3) is 4.66. The summed E-state index contributed by atoms with van der Waals surface area (Å²) in [6, 6.07) is 3.18. The molecule has 1 N–H and O–H groups in total. The van der Waals surface area contributed by atoms with Crippen molar-refractivity contribution in [2.24, 2.45) is 5.41 Å². The minimum atomic E-state index is -7.27. The van der Waals surface area contributed by atoms with Crippen molar-refractivity contribution in [3.8, 4) is 11.5 Å². The summed E-state index contributed by atoms with van der Waals surface area (Å²) in [5, 5.41) is -13.0. The van der Waals surface area contributed by atoms with Crippen LogP contribution in [-0.4, -0.2) is 29.4 Å². The summed E-state index contributed by atoms with van der Waals surface area (Å²) in [6.45, 7) is 4.89. The van der Waals surface area contributed by atoms with Crippen molar-refractivity contribution >= 4 is 27.2 Å². The predicted octanol–water partition coefficient (Wildman–Crippen LogP) is 4.97. The zero-order valence-corrected chi connectivity index (χ0v) is 16.2. The second-order valence-corrected chi connectivity index (χ2v) is 9.10. The average Bonchev–Trinajstić information content (AvgIpc) is 2.54. The van der Waals surface area contributed by atoms with Gasteiger partial charge in [0.15, 0.2) is 0 Å². The lowest BCUT2D eigenvalue weighted by Crippen LogP contribution is -2.49. The molecule has 0 saturated heterocycles. The topological polar surface area (TPSA) is 89.9 Å². The van der Waals surface area contributed by atoms with Crippen molar-refractivity contribution in [1.82, 2.24) is 0 Å². The van der Waals surface area contributed by atoms with E-state index < -0.39 is 48.8 Å². The van der Waals surface area contributed by atoms with E-state index in [1.807, 2.05) is 0 Å². The molecule has 28 heavy (non-hydrogen) atoms. The van der Waals surface area contributed by atoms with E-state index in [0.717, 1.165) is 12.1 Å². The van der Waals surface area contributed by atoms with Crippen LogP contribution in [0.1, 0.15) is 27.2 Å². The molecule has 0 aliphatic heterocycles.